The second-order valence-corrected chi connectivity index (χ2v) is 5.99. The van der Waals surface area contributed by atoms with Gasteiger partial charge in [0.1, 0.15) is 12.4 Å². The van der Waals surface area contributed by atoms with Crippen LogP contribution in [0.25, 0.3) is 0 Å². The molecule has 0 aromatic heterocycles. The van der Waals surface area contributed by atoms with Gasteiger partial charge >= 0.3 is 0 Å². The first-order valence-electron chi connectivity index (χ1n) is 7.86. The SMILES string of the molecule is COC1CCCCC1Nc1ccc(OCCN(C)C)cc1. The van der Waals surface area contributed by atoms with Gasteiger partial charge in [-0.3, -0.25) is 0 Å². The first-order valence-corrected chi connectivity index (χ1v) is 7.86. The zero-order valence-electron chi connectivity index (χ0n) is 13.5. The zero-order valence-corrected chi connectivity index (χ0v) is 13.5. The summed E-state index contributed by atoms with van der Waals surface area (Å²) in [4.78, 5) is 2.11. The van der Waals surface area contributed by atoms with E-state index in [1.54, 1.807) is 0 Å². The third-order valence-corrected chi connectivity index (χ3v) is 4.02. The standard InChI is InChI=1S/C17H28N2O2/c1-19(2)12-13-21-15-10-8-14(9-11-15)18-16-6-4-5-7-17(16)20-3/h8-11,16-18H,4-7,12-13H2,1-3H3. The van der Waals surface area contributed by atoms with Crippen LogP contribution >= 0.6 is 0 Å². The highest BCUT2D eigenvalue weighted by Crippen LogP contribution is 2.25. The number of ether oxygens (including phenoxy) is 2. The molecule has 0 amide bonds. The number of hydrogen-bond acceptors (Lipinski definition) is 4. The Hall–Kier alpha value is -1.26. The fourth-order valence-corrected chi connectivity index (χ4v) is 2.75. The molecule has 4 heteroatoms. The summed E-state index contributed by atoms with van der Waals surface area (Å²) in [5.74, 6) is 0.925. The minimum Gasteiger partial charge on any atom is -0.492 e. The maximum absolute atomic E-state index is 5.71. The van der Waals surface area contributed by atoms with E-state index in [0.29, 0.717) is 18.8 Å². The summed E-state index contributed by atoms with van der Waals surface area (Å²) in [5, 5.41) is 3.59. The van der Waals surface area contributed by atoms with Crippen molar-refractivity contribution in [2.45, 2.75) is 37.8 Å². The Morgan fingerprint density at radius 2 is 1.86 bits per heavy atom. The third kappa shape index (κ3) is 5.21. The normalized spacial score (nSPS) is 22.3. The predicted octanol–water partition coefficient (Wildman–Crippen LogP) is 3.00. The molecule has 0 heterocycles. The molecule has 21 heavy (non-hydrogen) atoms. The summed E-state index contributed by atoms with van der Waals surface area (Å²) in [6.07, 6.45) is 5.22. The highest BCUT2D eigenvalue weighted by Gasteiger charge is 2.24. The molecule has 2 unspecified atom stereocenters. The molecule has 1 N–H and O–H groups in total. The van der Waals surface area contributed by atoms with Gasteiger partial charge in [-0.25, -0.2) is 0 Å². The predicted molar refractivity (Wildman–Crippen MR) is 87.2 cm³/mol. The van der Waals surface area contributed by atoms with Gasteiger partial charge in [0, 0.05) is 19.3 Å². The van der Waals surface area contributed by atoms with E-state index in [9.17, 15) is 0 Å². The van der Waals surface area contributed by atoms with Crippen molar-refractivity contribution in [3.05, 3.63) is 24.3 Å². The van der Waals surface area contributed by atoms with Crippen LogP contribution in [0.2, 0.25) is 0 Å². The summed E-state index contributed by atoms with van der Waals surface area (Å²) in [7, 11) is 5.91. The van der Waals surface area contributed by atoms with Crippen LogP contribution in [-0.4, -0.2) is 51.4 Å². The van der Waals surface area contributed by atoms with Gasteiger partial charge in [0.05, 0.1) is 12.1 Å². The first kappa shape index (κ1) is 16.1. The van der Waals surface area contributed by atoms with E-state index in [2.05, 4.69) is 22.3 Å². The van der Waals surface area contributed by atoms with Crippen LogP contribution < -0.4 is 10.1 Å². The van der Waals surface area contributed by atoms with Crippen molar-refractivity contribution in [1.29, 1.82) is 0 Å². The Morgan fingerprint density at radius 3 is 2.52 bits per heavy atom. The van der Waals surface area contributed by atoms with Crippen molar-refractivity contribution in [3.63, 3.8) is 0 Å². The average molecular weight is 292 g/mol. The van der Waals surface area contributed by atoms with Crippen molar-refractivity contribution in [1.82, 2.24) is 4.90 Å². The lowest BCUT2D eigenvalue weighted by atomic mass is 9.92. The lowest BCUT2D eigenvalue weighted by Crippen LogP contribution is -2.37. The number of benzene rings is 1. The number of nitrogens with zero attached hydrogens (tertiary/aromatic N) is 1. The van der Waals surface area contributed by atoms with Crippen LogP contribution in [-0.2, 0) is 4.74 Å². The van der Waals surface area contributed by atoms with Crippen LogP contribution in [0.1, 0.15) is 25.7 Å². The van der Waals surface area contributed by atoms with E-state index in [1.165, 1.54) is 19.3 Å². The maximum Gasteiger partial charge on any atom is 0.119 e. The molecular weight excluding hydrogens is 264 g/mol. The Labute approximate surface area is 128 Å². The van der Waals surface area contributed by atoms with Crippen LogP contribution in [0.5, 0.6) is 5.75 Å². The molecule has 1 saturated carbocycles. The molecule has 1 aromatic carbocycles. The van der Waals surface area contributed by atoms with Crippen LogP contribution in [0.4, 0.5) is 5.69 Å². The van der Waals surface area contributed by atoms with Gasteiger partial charge in [0.15, 0.2) is 0 Å². The minimum atomic E-state index is 0.328. The van der Waals surface area contributed by atoms with E-state index in [0.717, 1.165) is 24.4 Å². The van der Waals surface area contributed by atoms with Crippen LogP contribution in [0.15, 0.2) is 24.3 Å². The monoisotopic (exact) mass is 292 g/mol. The van der Waals surface area contributed by atoms with Gasteiger partial charge in [0.2, 0.25) is 0 Å². The molecule has 1 aliphatic carbocycles. The zero-order chi connectivity index (χ0) is 15.1. The highest BCUT2D eigenvalue weighted by atomic mass is 16.5. The van der Waals surface area contributed by atoms with Crippen molar-refractivity contribution in [2.75, 3.05) is 39.7 Å². The fraction of sp³-hybridized carbons (Fsp3) is 0.647. The lowest BCUT2D eigenvalue weighted by molar-refractivity contribution is 0.0606. The molecule has 118 valence electrons. The van der Waals surface area contributed by atoms with E-state index < -0.39 is 0 Å². The summed E-state index contributed by atoms with van der Waals surface area (Å²) in [5.41, 5.74) is 1.14. The summed E-state index contributed by atoms with van der Waals surface area (Å²) < 4.78 is 11.3. The van der Waals surface area contributed by atoms with E-state index in [1.807, 2.05) is 33.3 Å². The minimum absolute atomic E-state index is 0.328. The quantitative estimate of drug-likeness (QED) is 0.837. The smallest absolute Gasteiger partial charge is 0.119 e. The molecule has 0 radical (unpaired) electrons. The molecular formula is C17H28N2O2. The topological polar surface area (TPSA) is 33.7 Å². The largest absolute Gasteiger partial charge is 0.492 e. The average Bonchev–Trinajstić information content (AvgIpc) is 2.49. The second kappa shape index (κ2) is 8.25. The van der Waals surface area contributed by atoms with Crippen molar-refractivity contribution < 1.29 is 9.47 Å². The summed E-state index contributed by atoms with van der Waals surface area (Å²) >= 11 is 0. The molecule has 0 saturated heterocycles. The molecule has 0 aliphatic heterocycles. The number of anilines is 1. The number of hydrogen-bond donors (Lipinski definition) is 1. The second-order valence-electron chi connectivity index (χ2n) is 5.99. The Morgan fingerprint density at radius 1 is 1.14 bits per heavy atom. The van der Waals surface area contributed by atoms with Gasteiger partial charge < -0.3 is 19.7 Å². The molecule has 1 aromatic rings. The van der Waals surface area contributed by atoms with Crippen LogP contribution in [0, 0.1) is 0 Å². The Bertz CT molecular complexity index is 406. The first-order chi connectivity index (χ1) is 10.2. The highest BCUT2D eigenvalue weighted by molar-refractivity contribution is 5.47. The Kier molecular flexibility index (Phi) is 6.33. The molecule has 1 aliphatic rings. The molecule has 4 nitrogen and oxygen atoms in total. The lowest BCUT2D eigenvalue weighted by Gasteiger charge is -2.31. The molecule has 2 atom stereocenters. The van der Waals surface area contributed by atoms with Gasteiger partial charge in [-0.2, -0.15) is 0 Å². The number of likely N-dealkylation sites (N-methyl/N-ethyl adjacent to an activating group) is 1. The van der Waals surface area contributed by atoms with Crippen molar-refractivity contribution >= 4 is 5.69 Å². The Balaban J connectivity index is 1.83. The van der Waals surface area contributed by atoms with Gasteiger partial charge in [-0.1, -0.05) is 12.8 Å². The van der Waals surface area contributed by atoms with E-state index in [-0.39, 0.29) is 0 Å². The van der Waals surface area contributed by atoms with Gasteiger partial charge in [-0.05, 0) is 51.2 Å². The number of nitrogens with one attached hydrogen (secondary N) is 1. The number of rotatable bonds is 7. The van der Waals surface area contributed by atoms with E-state index >= 15 is 0 Å². The molecule has 0 spiro atoms. The maximum atomic E-state index is 5.71. The van der Waals surface area contributed by atoms with Crippen molar-refractivity contribution in [3.8, 4) is 5.75 Å². The number of methoxy groups -OCH3 is 1. The molecule has 2 rings (SSSR count). The summed E-state index contributed by atoms with van der Waals surface area (Å²) in [6.45, 7) is 1.64. The fourth-order valence-electron chi connectivity index (χ4n) is 2.75. The van der Waals surface area contributed by atoms with Crippen molar-refractivity contribution in [2.24, 2.45) is 0 Å². The van der Waals surface area contributed by atoms with Gasteiger partial charge in [0.25, 0.3) is 0 Å². The molecule has 1 fully saturated rings. The molecule has 0 bridgehead atoms. The van der Waals surface area contributed by atoms with Crippen LogP contribution in [0.3, 0.4) is 0 Å². The summed E-state index contributed by atoms with van der Waals surface area (Å²) in [6, 6.07) is 8.66. The van der Waals surface area contributed by atoms with E-state index in [4.69, 9.17) is 9.47 Å². The van der Waals surface area contributed by atoms with Gasteiger partial charge in [-0.15, -0.1) is 0 Å². The third-order valence-electron chi connectivity index (χ3n) is 4.02.